The third kappa shape index (κ3) is 2.87. The number of rotatable bonds is 2. The predicted molar refractivity (Wildman–Crippen MR) is 88.2 cm³/mol. The minimum Gasteiger partial charge on any atom is -0.337 e. The summed E-state index contributed by atoms with van der Waals surface area (Å²) in [5.41, 5.74) is 1.85. The zero-order valence-corrected chi connectivity index (χ0v) is 14.0. The molecule has 5 heteroatoms. The summed E-state index contributed by atoms with van der Waals surface area (Å²) in [5, 5.41) is 0. The Morgan fingerprint density at radius 2 is 1.78 bits per heavy atom. The van der Waals surface area contributed by atoms with Gasteiger partial charge >= 0.3 is 0 Å². The maximum absolute atomic E-state index is 12.5. The summed E-state index contributed by atoms with van der Waals surface area (Å²) in [6, 6.07) is 0.822. The number of carbonyl (C=O) groups is 1. The number of aryl methyl sites for hydroxylation is 1. The summed E-state index contributed by atoms with van der Waals surface area (Å²) in [7, 11) is 0. The number of carbonyl (C=O) groups excluding carboxylic acids is 1. The number of nitrogens with zero attached hydrogens (tertiary/aromatic N) is 4. The standard InChI is InChI=1S/C18H26N4O/c1-14-12-20-16(13-19-14)17(23)22-8-4-18(5-9-22)10-15(11-18)21-6-2-3-7-21/h12-13,15H,2-11H2,1H3. The molecule has 0 radical (unpaired) electrons. The molecular formula is C18H26N4O. The molecule has 1 saturated carbocycles. The van der Waals surface area contributed by atoms with E-state index in [1.807, 2.05) is 11.8 Å². The molecule has 4 rings (SSSR count). The van der Waals surface area contributed by atoms with Crippen molar-refractivity contribution >= 4 is 5.91 Å². The summed E-state index contributed by atoms with van der Waals surface area (Å²) in [5.74, 6) is 0.0442. The molecule has 0 unspecified atom stereocenters. The molecule has 1 aromatic heterocycles. The molecular weight excluding hydrogens is 288 g/mol. The molecule has 3 fully saturated rings. The van der Waals surface area contributed by atoms with Crippen molar-refractivity contribution in [1.29, 1.82) is 0 Å². The molecule has 3 aliphatic rings. The topological polar surface area (TPSA) is 49.3 Å². The molecule has 0 aromatic carbocycles. The fourth-order valence-electron chi connectivity index (χ4n) is 4.56. The van der Waals surface area contributed by atoms with E-state index < -0.39 is 0 Å². The third-order valence-corrected chi connectivity index (χ3v) is 6.11. The van der Waals surface area contributed by atoms with Gasteiger partial charge in [0, 0.05) is 25.3 Å². The Bertz CT molecular complexity index is 563. The lowest BCUT2D eigenvalue weighted by molar-refractivity contribution is -0.0312. The van der Waals surface area contributed by atoms with Crippen LogP contribution in [0, 0.1) is 12.3 Å². The van der Waals surface area contributed by atoms with E-state index in [9.17, 15) is 4.79 Å². The second-order valence-electron chi connectivity index (χ2n) is 7.64. The van der Waals surface area contributed by atoms with Gasteiger partial charge in [0.15, 0.2) is 0 Å². The highest BCUT2D eigenvalue weighted by atomic mass is 16.2. The van der Waals surface area contributed by atoms with Gasteiger partial charge in [-0.1, -0.05) is 0 Å². The number of hydrogen-bond acceptors (Lipinski definition) is 4. The molecule has 2 aliphatic heterocycles. The second kappa shape index (κ2) is 5.86. The minimum atomic E-state index is 0.0442. The average molecular weight is 314 g/mol. The molecule has 1 aromatic rings. The molecule has 0 atom stereocenters. The zero-order valence-electron chi connectivity index (χ0n) is 14.0. The first kappa shape index (κ1) is 15.1. The van der Waals surface area contributed by atoms with Crippen LogP contribution in [0.4, 0.5) is 0 Å². The summed E-state index contributed by atoms with van der Waals surface area (Å²) in [6.45, 7) is 6.25. The Balaban J connectivity index is 1.31. The first-order valence-electron chi connectivity index (χ1n) is 8.97. The van der Waals surface area contributed by atoms with Gasteiger partial charge in [-0.25, -0.2) is 4.98 Å². The van der Waals surface area contributed by atoms with Gasteiger partial charge in [-0.2, -0.15) is 0 Å². The highest BCUT2D eigenvalue weighted by molar-refractivity contribution is 5.92. The average Bonchev–Trinajstić information content (AvgIpc) is 3.07. The van der Waals surface area contributed by atoms with Crippen molar-refractivity contribution in [3.63, 3.8) is 0 Å². The summed E-state index contributed by atoms with van der Waals surface area (Å²) in [4.78, 5) is 25.6. The van der Waals surface area contributed by atoms with E-state index in [0.717, 1.165) is 37.7 Å². The quantitative estimate of drug-likeness (QED) is 0.840. The van der Waals surface area contributed by atoms with E-state index in [1.54, 1.807) is 12.4 Å². The predicted octanol–water partition coefficient (Wildman–Crippen LogP) is 2.27. The molecule has 23 heavy (non-hydrogen) atoms. The van der Waals surface area contributed by atoms with E-state index in [0.29, 0.717) is 11.1 Å². The Labute approximate surface area is 138 Å². The zero-order chi connectivity index (χ0) is 15.9. The molecule has 1 amide bonds. The SMILES string of the molecule is Cc1cnc(C(=O)N2CCC3(CC2)CC(N2CCCC2)C3)cn1. The van der Waals surface area contributed by atoms with Crippen LogP contribution in [0.1, 0.15) is 54.7 Å². The van der Waals surface area contributed by atoms with Crippen LogP contribution in [-0.2, 0) is 0 Å². The minimum absolute atomic E-state index is 0.0442. The largest absolute Gasteiger partial charge is 0.337 e. The lowest BCUT2D eigenvalue weighted by atomic mass is 9.60. The molecule has 1 spiro atoms. The Kier molecular flexibility index (Phi) is 3.84. The van der Waals surface area contributed by atoms with Gasteiger partial charge in [0.2, 0.25) is 0 Å². The van der Waals surface area contributed by atoms with Crippen molar-refractivity contribution in [3.8, 4) is 0 Å². The number of amides is 1. The summed E-state index contributed by atoms with van der Waals surface area (Å²) >= 11 is 0. The first-order valence-corrected chi connectivity index (χ1v) is 8.97. The normalized spacial score (nSPS) is 24.8. The first-order chi connectivity index (χ1) is 11.2. The number of aromatic nitrogens is 2. The van der Waals surface area contributed by atoms with Gasteiger partial charge in [0.25, 0.3) is 5.91 Å². The van der Waals surface area contributed by atoms with Crippen molar-refractivity contribution < 1.29 is 4.79 Å². The number of piperidine rings is 1. The van der Waals surface area contributed by atoms with Crippen LogP contribution in [0.5, 0.6) is 0 Å². The molecule has 5 nitrogen and oxygen atoms in total. The van der Waals surface area contributed by atoms with Gasteiger partial charge in [-0.3, -0.25) is 9.78 Å². The fraction of sp³-hybridized carbons (Fsp3) is 0.722. The fourth-order valence-corrected chi connectivity index (χ4v) is 4.56. The summed E-state index contributed by atoms with van der Waals surface area (Å²) in [6.07, 6.45) is 11.0. The molecule has 1 aliphatic carbocycles. The maximum atomic E-state index is 12.5. The Morgan fingerprint density at radius 3 is 2.39 bits per heavy atom. The van der Waals surface area contributed by atoms with Crippen LogP contribution in [-0.4, -0.2) is 57.9 Å². The molecule has 3 heterocycles. The smallest absolute Gasteiger partial charge is 0.274 e. The van der Waals surface area contributed by atoms with Gasteiger partial charge in [-0.05, 0) is 64.0 Å². The van der Waals surface area contributed by atoms with E-state index in [4.69, 9.17) is 0 Å². The van der Waals surface area contributed by atoms with Crippen LogP contribution in [0.15, 0.2) is 12.4 Å². The Hall–Kier alpha value is -1.49. The van der Waals surface area contributed by atoms with Gasteiger partial charge in [-0.15, -0.1) is 0 Å². The van der Waals surface area contributed by atoms with Crippen molar-refractivity contribution in [3.05, 3.63) is 23.8 Å². The van der Waals surface area contributed by atoms with Crippen LogP contribution in [0.3, 0.4) is 0 Å². The van der Waals surface area contributed by atoms with E-state index in [2.05, 4.69) is 14.9 Å². The second-order valence-corrected chi connectivity index (χ2v) is 7.64. The molecule has 124 valence electrons. The van der Waals surface area contributed by atoms with Crippen molar-refractivity contribution in [2.75, 3.05) is 26.2 Å². The molecule has 0 N–H and O–H groups in total. The van der Waals surface area contributed by atoms with Gasteiger partial charge in [0.05, 0.1) is 11.9 Å². The van der Waals surface area contributed by atoms with Crippen LogP contribution in [0.2, 0.25) is 0 Å². The Morgan fingerprint density at radius 1 is 1.09 bits per heavy atom. The van der Waals surface area contributed by atoms with Crippen LogP contribution < -0.4 is 0 Å². The lowest BCUT2D eigenvalue weighted by Crippen LogP contribution is -2.55. The van der Waals surface area contributed by atoms with Crippen molar-refractivity contribution in [2.24, 2.45) is 5.41 Å². The van der Waals surface area contributed by atoms with Gasteiger partial charge in [0.1, 0.15) is 5.69 Å². The van der Waals surface area contributed by atoms with E-state index in [1.165, 1.54) is 38.8 Å². The van der Waals surface area contributed by atoms with Crippen molar-refractivity contribution in [1.82, 2.24) is 19.8 Å². The van der Waals surface area contributed by atoms with E-state index in [-0.39, 0.29) is 5.91 Å². The van der Waals surface area contributed by atoms with Gasteiger partial charge < -0.3 is 9.80 Å². The van der Waals surface area contributed by atoms with Crippen LogP contribution in [0.25, 0.3) is 0 Å². The molecule has 2 saturated heterocycles. The van der Waals surface area contributed by atoms with Crippen LogP contribution >= 0.6 is 0 Å². The number of likely N-dealkylation sites (tertiary alicyclic amines) is 2. The third-order valence-electron chi connectivity index (χ3n) is 6.11. The monoisotopic (exact) mass is 314 g/mol. The summed E-state index contributed by atoms with van der Waals surface area (Å²) < 4.78 is 0. The lowest BCUT2D eigenvalue weighted by Gasteiger charge is -2.54. The highest BCUT2D eigenvalue weighted by Crippen LogP contribution is 2.51. The van der Waals surface area contributed by atoms with Crippen molar-refractivity contribution in [2.45, 2.75) is 51.5 Å². The number of hydrogen-bond donors (Lipinski definition) is 0. The van der Waals surface area contributed by atoms with E-state index >= 15 is 0 Å². The maximum Gasteiger partial charge on any atom is 0.274 e. The molecule has 0 bridgehead atoms. The highest BCUT2D eigenvalue weighted by Gasteiger charge is 2.48.